The standard InChI is InChI=1S/C15H15NO5/c1-10-7-11(9-17)3-5-13(10)21-15-8-12(16(18)19)4-6-14(15)20-2/h3-8,17H,9H2,1-2H3. The second-order valence-electron chi connectivity index (χ2n) is 4.45. The molecular weight excluding hydrogens is 274 g/mol. The van der Waals surface area contributed by atoms with Crippen molar-refractivity contribution in [1.29, 1.82) is 0 Å². The minimum absolute atomic E-state index is 0.0543. The lowest BCUT2D eigenvalue weighted by molar-refractivity contribution is -0.384. The highest BCUT2D eigenvalue weighted by atomic mass is 16.6. The zero-order valence-electron chi connectivity index (χ0n) is 11.7. The van der Waals surface area contributed by atoms with Crippen molar-refractivity contribution >= 4 is 5.69 Å². The van der Waals surface area contributed by atoms with E-state index in [9.17, 15) is 10.1 Å². The highest BCUT2D eigenvalue weighted by molar-refractivity contribution is 5.51. The highest BCUT2D eigenvalue weighted by Crippen LogP contribution is 2.35. The van der Waals surface area contributed by atoms with E-state index in [2.05, 4.69) is 0 Å². The number of ether oxygens (including phenoxy) is 2. The Balaban J connectivity index is 2.38. The average molecular weight is 289 g/mol. The van der Waals surface area contributed by atoms with Crippen LogP contribution in [-0.2, 0) is 6.61 Å². The van der Waals surface area contributed by atoms with E-state index in [-0.39, 0.29) is 18.0 Å². The summed E-state index contributed by atoms with van der Waals surface area (Å²) in [4.78, 5) is 10.3. The minimum Gasteiger partial charge on any atom is -0.493 e. The topological polar surface area (TPSA) is 81.8 Å². The Labute approximate surface area is 121 Å². The number of nitrogens with zero attached hydrogens (tertiary/aromatic N) is 1. The van der Waals surface area contributed by atoms with Crippen molar-refractivity contribution in [2.75, 3.05) is 7.11 Å². The summed E-state index contributed by atoms with van der Waals surface area (Å²) in [5, 5.41) is 19.9. The summed E-state index contributed by atoms with van der Waals surface area (Å²) in [6.07, 6.45) is 0. The summed E-state index contributed by atoms with van der Waals surface area (Å²) in [5.41, 5.74) is 1.51. The summed E-state index contributed by atoms with van der Waals surface area (Å²) in [6.45, 7) is 1.78. The molecule has 0 heterocycles. The highest BCUT2D eigenvalue weighted by Gasteiger charge is 2.14. The van der Waals surface area contributed by atoms with Gasteiger partial charge in [0, 0.05) is 6.07 Å². The van der Waals surface area contributed by atoms with Crippen LogP contribution >= 0.6 is 0 Å². The van der Waals surface area contributed by atoms with Gasteiger partial charge >= 0.3 is 0 Å². The second-order valence-corrected chi connectivity index (χ2v) is 4.45. The summed E-state index contributed by atoms with van der Waals surface area (Å²) in [6, 6.07) is 9.39. The zero-order valence-corrected chi connectivity index (χ0v) is 11.7. The molecule has 110 valence electrons. The molecule has 0 bridgehead atoms. The predicted octanol–water partition coefficient (Wildman–Crippen LogP) is 3.20. The van der Waals surface area contributed by atoms with Crippen LogP contribution in [0.1, 0.15) is 11.1 Å². The molecule has 21 heavy (non-hydrogen) atoms. The maximum absolute atomic E-state index is 10.8. The predicted molar refractivity (Wildman–Crippen MR) is 76.8 cm³/mol. The molecule has 6 nitrogen and oxygen atoms in total. The van der Waals surface area contributed by atoms with E-state index in [0.29, 0.717) is 11.5 Å². The van der Waals surface area contributed by atoms with Crippen molar-refractivity contribution < 1.29 is 19.5 Å². The number of nitro groups is 1. The van der Waals surface area contributed by atoms with E-state index in [1.807, 2.05) is 6.92 Å². The Hall–Kier alpha value is -2.60. The smallest absolute Gasteiger partial charge is 0.273 e. The molecule has 2 aromatic carbocycles. The van der Waals surface area contributed by atoms with Crippen LogP contribution in [0.5, 0.6) is 17.2 Å². The van der Waals surface area contributed by atoms with Crippen LogP contribution in [0.15, 0.2) is 36.4 Å². The monoisotopic (exact) mass is 289 g/mol. The van der Waals surface area contributed by atoms with E-state index in [1.165, 1.54) is 25.3 Å². The molecule has 0 atom stereocenters. The molecule has 0 aromatic heterocycles. The Kier molecular flexibility index (Phi) is 4.39. The molecule has 6 heteroatoms. The van der Waals surface area contributed by atoms with Crippen LogP contribution in [0.3, 0.4) is 0 Å². The van der Waals surface area contributed by atoms with E-state index in [4.69, 9.17) is 14.6 Å². The molecule has 0 saturated carbocycles. The van der Waals surface area contributed by atoms with Crippen LogP contribution < -0.4 is 9.47 Å². The molecule has 2 aromatic rings. The first-order chi connectivity index (χ1) is 10.0. The summed E-state index contributed by atoms with van der Waals surface area (Å²) < 4.78 is 10.9. The fourth-order valence-corrected chi connectivity index (χ4v) is 1.90. The number of aryl methyl sites for hydroxylation is 1. The van der Waals surface area contributed by atoms with Crippen LogP contribution in [-0.4, -0.2) is 17.1 Å². The Bertz CT molecular complexity index is 669. The van der Waals surface area contributed by atoms with Gasteiger partial charge in [-0.05, 0) is 30.2 Å². The first-order valence-corrected chi connectivity index (χ1v) is 6.26. The lowest BCUT2D eigenvalue weighted by atomic mass is 10.1. The van der Waals surface area contributed by atoms with Gasteiger partial charge in [0.15, 0.2) is 11.5 Å². The first kappa shape index (κ1) is 14.8. The molecule has 0 fully saturated rings. The Morgan fingerprint density at radius 3 is 2.43 bits per heavy atom. The van der Waals surface area contributed by atoms with Gasteiger partial charge in [-0.25, -0.2) is 0 Å². The van der Waals surface area contributed by atoms with Gasteiger partial charge in [0.25, 0.3) is 5.69 Å². The van der Waals surface area contributed by atoms with Crippen LogP contribution in [0.4, 0.5) is 5.69 Å². The number of benzene rings is 2. The summed E-state index contributed by atoms with van der Waals surface area (Å²) in [5.74, 6) is 1.23. The Morgan fingerprint density at radius 2 is 1.86 bits per heavy atom. The average Bonchev–Trinajstić information content (AvgIpc) is 2.49. The van der Waals surface area contributed by atoms with Crippen molar-refractivity contribution in [2.45, 2.75) is 13.5 Å². The molecule has 1 N–H and O–H groups in total. The van der Waals surface area contributed by atoms with Crippen LogP contribution in [0, 0.1) is 17.0 Å². The lowest BCUT2D eigenvalue weighted by Crippen LogP contribution is -1.95. The molecule has 0 aliphatic carbocycles. The molecule has 0 spiro atoms. The van der Waals surface area contributed by atoms with Crippen LogP contribution in [0.25, 0.3) is 0 Å². The zero-order chi connectivity index (χ0) is 15.4. The second kappa shape index (κ2) is 6.23. The largest absolute Gasteiger partial charge is 0.493 e. The van der Waals surface area contributed by atoms with Gasteiger partial charge in [0.2, 0.25) is 0 Å². The lowest BCUT2D eigenvalue weighted by Gasteiger charge is -2.12. The SMILES string of the molecule is COc1ccc([N+](=O)[O-])cc1Oc1ccc(CO)cc1C. The van der Waals surface area contributed by atoms with Gasteiger partial charge in [-0.15, -0.1) is 0 Å². The van der Waals surface area contributed by atoms with E-state index < -0.39 is 4.92 Å². The fraction of sp³-hybridized carbons (Fsp3) is 0.200. The normalized spacial score (nSPS) is 10.2. The van der Waals surface area contributed by atoms with E-state index in [0.717, 1.165) is 11.1 Å². The van der Waals surface area contributed by atoms with Gasteiger partial charge < -0.3 is 14.6 Å². The summed E-state index contributed by atoms with van der Waals surface area (Å²) >= 11 is 0. The van der Waals surface area contributed by atoms with Crippen molar-refractivity contribution in [3.63, 3.8) is 0 Å². The number of rotatable bonds is 5. The number of nitro benzene ring substituents is 1. The number of methoxy groups -OCH3 is 1. The molecule has 0 aliphatic rings. The van der Waals surface area contributed by atoms with Crippen molar-refractivity contribution in [2.24, 2.45) is 0 Å². The third-order valence-electron chi connectivity index (χ3n) is 3.00. The quantitative estimate of drug-likeness (QED) is 0.675. The number of non-ortho nitro benzene ring substituents is 1. The van der Waals surface area contributed by atoms with Crippen molar-refractivity contribution in [1.82, 2.24) is 0 Å². The van der Waals surface area contributed by atoms with Gasteiger partial charge in [-0.3, -0.25) is 10.1 Å². The number of aliphatic hydroxyl groups is 1. The van der Waals surface area contributed by atoms with Gasteiger partial charge in [0.1, 0.15) is 5.75 Å². The molecule has 2 rings (SSSR count). The van der Waals surface area contributed by atoms with Gasteiger partial charge in [-0.1, -0.05) is 12.1 Å². The van der Waals surface area contributed by atoms with Gasteiger partial charge in [-0.2, -0.15) is 0 Å². The number of aliphatic hydroxyl groups excluding tert-OH is 1. The minimum atomic E-state index is -0.492. The third-order valence-corrected chi connectivity index (χ3v) is 3.00. The third kappa shape index (κ3) is 3.29. The fourth-order valence-electron chi connectivity index (χ4n) is 1.90. The maximum Gasteiger partial charge on any atom is 0.273 e. The number of hydrogen-bond donors (Lipinski definition) is 1. The molecule has 0 saturated heterocycles. The van der Waals surface area contributed by atoms with E-state index >= 15 is 0 Å². The maximum atomic E-state index is 10.8. The van der Waals surface area contributed by atoms with Crippen LogP contribution in [0.2, 0.25) is 0 Å². The molecule has 0 amide bonds. The molecule has 0 aliphatic heterocycles. The first-order valence-electron chi connectivity index (χ1n) is 6.26. The molecule has 0 unspecified atom stereocenters. The Morgan fingerprint density at radius 1 is 1.14 bits per heavy atom. The van der Waals surface area contributed by atoms with Crippen molar-refractivity contribution in [3.8, 4) is 17.2 Å². The van der Waals surface area contributed by atoms with Gasteiger partial charge in [0.05, 0.1) is 24.7 Å². The number of hydrogen-bond acceptors (Lipinski definition) is 5. The van der Waals surface area contributed by atoms with Crippen molar-refractivity contribution in [3.05, 3.63) is 57.6 Å². The summed E-state index contributed by atoms with van der Waals surface area (Å²) in [7, 11) is 1.47. The molecular formula is C15H15NO5. The van der Waals surface area contributed by atoms with E-state index in [1.54, 1.807) is 18.2 Å². The molecule has 0 radical (unpaired) electrons.